The van der Waals surface area contributed by atoms with E-state index in [2.05, 4.69) is 20.9 Å². The Bertz CT molecular complexity index is 771. The van der Waals surface area contributed by atoms with Gasteiger partial charge in [-0.3, -0.25) is 9.69 Å². The molecule has 4 rings (SSSR count). The van der Waals surface area contributed by atoms with E-state index in [4.69, 9.17) is 16.3 Å². The van der Waals surface area contributed by atoms with Crippen molar-refractivity contribution in [1.29, 1.82) is 0 Å². The molecular formula is C26H41ClN4O2. The third-order valence-electron chi connectivity index (χ3n) is 7.59. The van der Waals surface area contributed by atoms with Gasteiger partial charge in [0.15, 0.2) is 0 Å². The molecule has 1 aromatic carbocycles. The second-order valence-electron chi connectivity index (χ2n) is 10.1. The van der Waals surface area contributed by atoms with Gasteiger partial charge in [-0.25, -0.2) is 0 Å². The average Bonchev–Trinajstić information content (AvgIpc) is 3.26. The van der Waals surface area contributed by atoms with Crippen molar-refractivity contribution in [2.24, 2.45) is 5.92 Å². The lowest BCUT2D eigenvalue weighted by Gasteiger charge is -2.31. The molecule has 2 saturated heterocycles. The van der Waals surface area contributed by atoms with Crippen molar-refractivity contribution in [3.05, 3.63) is 34.3 Å². The summed E-state index contributed by atoms with van der Waals surface area (Å²) in [5.74, 6) is 0.698. The summed E-state index contributed by atoms with van der Waals surface area (Å²) in [4.78, 5) is 15.4. The summed E-state index contributed by atoms with van der Waals surface area (Å²) in [6.45, 7) is 8.66. The van der Waals surface area contributed by atoms with Crippen LogP contribution in [0, 0.1) is 5.92 Å². The molecule has 7 heteroatoms. The molecule has 3 aliphatic rings. The van der Waals surface area contributed by atoms with Crippen LogP contribution in [0.5, 0.6) is 0 Å². The highest BCUT2D eigenvalue weighted by molar-refractivity contribution is 6.33. The fourth-order valence-electron chi connectivity index (χ4n) is 5.60. The van der Waals surface area contributed by atoms with E-state index in [1.807, 2.05) is 18.2 Å². The lowest BCUT2D eigenvalue weighted by atomic mass is 9.83. The molecule has 184 valence electrons. The van der Waals surface area contributed by atoms with E-state index < -0.39 is 0 Å². The topological polar surface area (TPSA) is 65.6 Å². The first-order valence-electron chi connectivity index (χ1n) is 13.0. The largest absolute Gasteiger partial charge is 0.380 e. The molecule has 6 nitrogen and oxygen atoms in total. The molecule has 0 aromatic heterocycles. The first-order valence-corrected chi connectivity index (χ1v) is 13.3. The SMILES string of the molecule is O=C(NCC12CCCCCC(CN1)C2)c1cc(CCCOCCN2CCNCC2)ccc1Cl. The Balaban J connectivity index is 1.20. The summed E-state index contributed by atoms with van der Waals surface area (Å²) >= 11 is 6.40. The van der Waals surface area contributed by atoms with Crippen molar-refractivity contribution in [3.63, 3.8) is 0 Å². The van der Waals surface area contributed by atoms with E-state index in [1.54, 1.807) is 0 Å². The predicted molar refractivity (Wildman–Crippen MR) is 134 cm³/mol. The van der Waals surface area contributed by atoms with Gasteiger partial charge in [-0.1, -0.05) is 36.9 Å². The van der Waals surface area contributed by atoms with Gasteiger partial charge in [0.1, 0.15) is 0 Å². The van der Waals surface area contributed by atoms with Crippen LogP contribution < -0.4 is 16.0 Å². The highest BCUT2D eigenvalue weighted by atomic mass is 35.5. The van der Waals surface area contributed by atoms with E-state index in [0.29, 0.717) is 17.1 Å². The minimum Gasteiger partial charge on any atom is -0.380 e. The number of rotatable bonds is 10. The quantitative estimate of drug-likeness (QED) is 0.452. The van der Waals surface area contributed by atoms with Crippen LogP contribution in [0.25, 0.3) is 0 Å². The summed E-state index contributed by atoms with van der Waals surface area (Å²) in [7, 11) is 0. The zero-order valence-corrected chi connectivity index (χ0v) is 20.7. The Kier molecular flexibility index (Phi) is 9.44. The standard InChI is InChI=1S/C26H41ClN4O2/c27-24-8-7-21(6-4-15-33-16-14-31-12-10-28-11-13-31)17-23(24)25(32)29-20-26-9-3-1-2-5-22(18-26)19-30-26/h7-8,17,22,28,30H,1-6,9-16,18-20H2,(H,29,32). The second kappa shape index (κ2) is 12.5. The molecule has 2 bridgehead atoms. The average molecular weight is 477 g/mol. The Labute approximate surface area is 204 Å². The van der Waals surface area contributed by atoms with Crippen LogP contribution >= 0.6 is 11.6 Å². The highest BCUT2D eigenvalue weighted by Gasteiger charge is 2.39. The van der Waals surface area contributed by atoms with Gasteiger partial charge >= 0.3 is 0 Å². The van der Waals surface area contributed by atoms with E-state index in [1.165, 1.54) is 32.1 Å². The summed E-state index contributed by atoms with van der Waals surface area (Å²) in [5.41, 5.74) is 1.79. The molecule has 1 saturated carbocycles. The van der Waals surface area contributed by atoms with Gasteiger partial charge in [-0.15, -0.1) is 0 Å². The lowest BCUT2D eigenvalue weighted by molar-refractivity contribution is 0.0937. The van der Waals surface area contributed by atoms with E-state index >= 15 is 0 Å². The molecule has 2 atom stereocenters. The number of benzene rings is 1. The fourth-order valence-corrected chi connectivity index (χ4v) is 5.81. The van der Waals surface area contributed by atoms with Gasteiger partial charge in [0.25, 0.3) is 5.91 Å². The van der Waals surface area contributed by atoms with Crippen molar-refractivity contribution in [2.75, 3.05) is 59.0 Å². The Morgan fingerprint density at radius 2 is 2.09 bits per heavy atom. The maximum atomic E-state index is 13.0. The number of carbonyl (C=O) groups excluding carboxylic acids is 1. The molecule has 0 radical (unpaired) electrons. The Morgan fingerprint density at radius 1 is 1.21 bits per heavy atom. The molecule has 3 N–H and O–H groups in total. The molecule has 2 unspecified atom stereocenters. The zero-order valence-electron chi connectivity index (χ0n) is 20.0. The molecule has 3 fully saturated rings. The lowest BCUT2D eigenvalue weighted by Crippen LogP contribution is -2.49. The number of piperazine rings is 1. The third kappa shape index (κ3) is 7.40. The van der Waals surface area contributed by atoms with Crippen LogP contribution in [0.15, 0.2) is 18.2 Å². The van der Waals surface area contributed by atoms with Gasteiger partial charge < -0.3 is 20.7 Å². The van der Waals surface area contributed by atoms with Gasteiger partial charge in [0, 0.05) is 51.4 Å². The van der Waals surface area contributed by atoms with Crippen LogP contribution in [0.3, 0.4) is 0 Å². The van der Waals surface area contributed by atoms with Gasteiger partial charge in [0.05, 0.1) is 17.2 Å². The number of halogens is 1. The number of hydrogen-bond acceptors (Lipinski definition) is 5. The number of aryl methyl sites for hydroxylation is 1. The van der Waals surface area contributed by atoms with Crippen molar-refractivity contribution >= 4 is 17.5 Å². The van der Waals surface area contributed by atoms with Crippen LogP contribution in [0.4, 0.5) is 0 Å². The van der Waals surface area contributed by atoms with Gasteiger partial charge in [-0.2, -0.15) is 0 Å². The molecule has 0 spiro atoms. The smallest absolute Gasteiger partial charge is 0.252 e. The molecule has 1 amide bonds. The summed E-state index contributed by atoms with van der Waals surface area (Å²) in [6.07, 6.45) is 9.36. The predicted octanol–water partition coefficient (Wildman–Crippen LogP) is 3.24. The van der Waals surface area contributed by atoms with Crippen LogP contribution in [0.1, 0.15) is 60.9 Å². The molecule has 1 aromatic rings. The Morgan fingerprint density at radius 3 is 2.97 bits per heavy atom. The number of amides is 1. The Hall–Kier alpha value is -1.18. The number of ether oxygens (including phenoxy) is 1. The molecule has 33 heavy (non-hydrogen) atoms. The van der Waals surface area contributed by atoms with Crippen molar-refractivity contribution < 1.29 is 9.53 Å². The number of nitrogens with one attached hydrogen (secondary N) is 3. The number of hydrogen-bond donors (Lipinski definition) is 3. The maximum Gasteiger partial charge on any atom is 0.252 e. The third-order valence-corrected chi connectivity index (χ3v) is 7.92. The number of fused-ring (bicyclic) bond motifs is 2. The van der Waals surface area contributed by atoms with Crippen molar-refractivity contribution in [1.82, 2.24) is 20.9 Å². The van der Waals surface area contributed by atoms with Crippen LogP contribution in [0.2, 0.25) is 5.02 Å². The molecule has 2 heterocycles. The van der Waals surface area contributed by atoms with Gasteiger partial charge in [-0.05, 0) is 62.3 Å². The maximum absolute atomic E-state index is 13.0. The molecule has 1 aliphatic carbocycles. The van der Waals surface area contributed by atoms with E-state index in [9.17, 15) is 4.79 Å². The van der Waals surface area contributed by atoms with Crippen molar-refractivity contribution in [2.45, 2.75) is 56.9 Å². The minimum atomic E-state index is -0.0594. The van der Waals surface area contributed by atoms with Crippen LogP contribution in [-0.4, -0.2) is 75.4 Å². The summed E-state index contributed by atoms with van der Waals surface area (Å²) in [6, 6.07) is 5.84. The van der Waals surface area contributed by atoms with E-state index in [0.717, 1.165) is 83.2 Å². The fraction of sp³-hybridized carbons (Fsp3) is 0.731. The number of carbonyl (C=O) groups is 1. The highest BCUT2D eigenvalue weighted by Crippen LogP contribution is 2.34. The number of nitrogens with zero attached hydrogens (tertiary/aromatic N) is 1. The van der Waals surface area contributed by atoms with E-state index in [-0.39, 0.29) is 11.4 Å². The summed E-state index contributed by atoms with van der Waals surface area (Å²) < 4.78 is 5.84. The molecule has 2 aliphatic heterocycles. The summed E-state index contributed by atoms with van der Waals surface area (Å²) in [5, 5.41) is 10.8. The monoisotopic (exact) mass is 476 g/mol. The normalized spacial score (nSPS) is 26.0. The van der Waals surface area contributed by atoms with Crippen molar-refractivity contribution in [3.8, 4) is 0 Å². The second-order valence-corrected chi connectivity index (χ2v) is 10.5. The zero-order chi connectivity index (χ0) is 22.9. The molecular weight excluding hydrogens is 436 g/mol. The first kappa shape index (κ1) is 24.9. The first-order chi connectivity index (χ1) is 16.1. The minimum absolute atomic E-state index is 0.0594. The van der Waals surface area contributed by atoms with Crippen LogP contribution in [-0.2, 0) is 11.2 Å². The van der Waals surface area contributed by atoms with Gasteiger partial charge in [0.2, 0.25) is 0 Å².